The van der Waals surface area contributed by atoms with Crippen LogP contribution < -0.4 is 15.4 Å². The second kappa shape index (κ2) is 9.57. The van der Waals surface area contributed by atoms with Crippen molar-refractivity contribution in [3.05, 3.63) is 58.7 Å². The zero-order valence-corrected chi connectivity index (χ0v) is 18.5. The molecule has 0 aromatic heterocycles. The first-order valence-corrected chi connectivity index (χ1v) is 10.4. The van der Waals surface area contributed by atoms with Crippen molar-refractivity contribution in [2.45, 2.75) is 38.6 Å². The maximum absolute atomic E-state index is 14.4. The standard InChI is InChI=1S/C23H23F5N2O4/c1-10(11(2)23(26,27)28)17(14-6-7-16(24)18(25)20(14)34-3)19(31)22(33)30-13-5-4-12-9-29-21(32)15(12)8-13/h4-8,10-11,17,19,31H,9H2,1-3H3,(H,29,32)(H,30,33)/t10-,11-,17-,19+/m1/s1. The van der Waals surface area contributed by atoms with Crippen LogP contribution in [-0.4, -0.2) is 36.3 Å². The van der Waals surface area contributed by atoms with Crippen LogP contribution >= 0.6 is 0 Å². The molecule has 11 heteroatoms. The highest BCUT2D eigenvalue weighted by Crippen LogP contribution is 2.44. The minimum absolute atomic E-state index is 0.132. The van der Waals surface area contributed by atoms with Crippen LogP contribution in [0.4, 0.5) is 27.6 Å². The van der Waals surface area contributed by atoms with Crippen LogP contribution in [0.2, 0.25) is 0 Å². The van der Waals surface area contributed by atoms with E-state index >= 15 is 0 Å². The lowest BCUT2D eigenvalue weighted by Crippen LogP contribution is -2.40. The number of carbonyl (C=O) groups is 2. The van der Waals surface area contributed by atoms with Crippen LogP contribution in [0.5, 0.6) is 5.75 Å². The molecule has 3 rings (SSSR count). The van der Waals surface area contributed by atoms with E-state index in [0.29, 0.717) is 23.7 Å². The molecule has 6 nitrogen and oxygen atoms in total. The van der Waals surface area contributed by atoms with Crippen LogP contribution in [0.15, 0.2) is 30.3 Å². The number of carbonyl (C=O) groups excluding carboxylic acids is 2. The number of hydrogen-bond donors (Lipinski definition) is 3. The first-order valence-electron chi connectivity index (χ1n) is 10.4. The van der Waals surface area contributed by atoms with Gasteiger partial charge < -0.3 is 20.5 Å². The Kier molecular flexibility index (Phi) is 7.15. The van der Waals surface area contributed by atoms with Gasteiger partial charge in [-0.2, -0.15) is 17.6 Å². The Hall–Kier alpha value is -3.21. The Morgan fingerprint density at radius 2 is 1.85 bits per heavy atom. The van der Waals surface area contributed by atoms with E-state index in [0.717, 1.165) is 27.0 Å². The third-order valence-electron chi connectivity index (χ3n) is 6.19. The molecule has 2 aromatic rings. The van der Waals surface area contributed by atoms with E-state index in [1.54, 1.807) is 6.07 Å². The molecule has 1 heterocycles. The van der Waals surface area contributed by atoms with Crippen LogP contribution in [0, 0.1) is 23.5 Å². The number of ether oxygens (including phenoxy) is 1. The largest absolute Gasteiger partial charge is 0.493 e. The van der Waals surface area contributed by atoms with Crippen LogP contribution in [-0.2, 0) is 11.3 Å². The van der Waals surface area contributed by atoms with Gasteiger partial charge in [0.25, 0.3) is 11.8 Å². The maximum Gasteiger partial charge on any atom is 0.391 e. The van der Waals surface area contributed by atoms with Gasteiger partial charge in [-0.3, -0.25) is 9.59 Å². The summed E-state index contributed by atoms with van der Waals surface area (Å²) in [6, 6.07) is 6.10. The summed E-state index contributed by atoms with van der Waals surface area (Å²) in [7, 11) is 0.998. The van der Waals surface area contributed by atoms with Gasteiger partial charge in [0.15, 0.2) is 11.6 Å². The Balaban J connectivity index is 1.99. The predicted molar refractivity (Wildman–Crippen MR) is 112 cm³/mol. The minimum atomic E-state index is -4.69. The molecule has 0 saturated carbocycles. The van der Waals surface area contributed by atoms with E-state index in [-0.39, 0.29) is 17.2 Å². The lowest BCUT2D eigenvalue weighted by atomic mass is 9.75. The normalized spacial score (nSPS) is 16.8. The molecule has 0 saturated heterocycles. The highest BCUT2D eigenvalue weighted by atomic mass is 19.4. The van der Waals surface area contributed by atoms with Crippen molar-refractivity contribution in [1.29, 1.82) is 0 Å². The van der Waals surface area contributed by atoms with Gasteiger partial charge >= 0.3 is 6.18 Å². The smallest absolute Gasteiger partial charge is 0.391 e. The third kappa shape index (κ3) is 4.84. The van der Waals surface area contributed by atoms with Gasteiger partial charge in [0, 0.05) is 29.3 Å². The number of aliphatic hydroxyl groups is 1. The van der Waals surface area contributed by atoms with Gasteiger partial charge in [-0.05, 0) is 29.7 Å². The number of fused-ring (bicyclic) bond motifs is 1. The molecular formula is C23H23F5N2O4. The van der Waals surface area contributed by atoms with E-state index in [1.807, 2.05) is 0 Å². The molecule has 0 unspecified atom stereocenters. The topological polar surface area (TPSA) is 87.7 Å². The van der Waals surface area contributed by atoms with Crippen molar-refractivity contribution < 1.29 is 41.4 Å². The fourth-order valence-electron chi connectivity index (χ4n) is 4.04. The predicted octanol–water partition coefficient (Wildman–Crippen LogP) is 4.13. The number of anilines is 1. The summed E-state index contributed by atoms with van der Waals surface area (Å²) in [5.41, 5.74) is 0.846. The summed E-state index contributed by atoms with van der Waals surface area (Å²) in [4.78, 5) is 24.7. The molecule has 2 aromatic carbocycles. The lowest BCUT2D eigenvalue weighted by Gasteiger charge is -2.34. The monoisotopic (exact) mass is 486 g/mol. The average Bonchev–Trinajstić information content (AvgIpc) is 3.15. The van der Waals surface area contributed by atoms with E-state index < -0.39 is 53.3 Å². The first-order chi connectivity index (χ1) is 15.9. The Labute approximate surface area is 192 Å². The van der Waals surface area contributed by atoms with Gasteiger partial charge in [0.1, 0.15) is 6.10 Å². The minimum Gasteiger partial charge on any atom is -0.493 e. The van der Waals surface area contributed by atoms with Gasteiger partial charge in [-0.25, -0.2) is 4.39 Å². The quantitative estimate of drug-likeness (QED) is 0.514. The summed E-state index contributed by atoms with van der Waals surface area (Å²) >= 11 is 0. The van der Waals surface area contributed by atoms with Crippen LogP contribution in [0.3, 0.4) is 0 Å². The van der Waals surface area contributed by atoms with Crippen LogP contribution in [0.25, 0.3) is 0 Å². The summed E-state index contributed by atoms with van der Waals surface area (Å²) in [6.07, 6.45) is -6.78. The van der Waals surface area contributed by atoms with E-state index in [9.17, 15) is 36.6 Å². The molecule has 2 amide bonds. The molecule has 0 bridgehead atoms. The highest BCUT2D eigenvalue weighted by molar-refractivity contribution is 6.01. The number of benzene rings is 2. The van der Waals surface area contributed by atoms with Gasteiger partial charge in [0.2, 0.25) is 5.82 Å². The number of alkyl halides is 3. The van der Waals surface area contributed by atoms with Crippen LogP contribution in [0.1, 0.15) is 41.3 Å². The zero-order valence-electron chi connectivity index (χ0n) is 18.5. The summed E-state index contributed by atoms with van der Waals surface area (Å²) in [5.74, 6) is -9.96. The third-order valence-corrected chi connectivity index (χ3v) is 6.19. The van der Waals surface area contributed by atoms with Crippen molar-refractivity contribution in [3.63, 3.8) is 0 Å². The molecule has 4 atom stereocenters. The summed E-state index contributed by atoms with van der Waals surface area (Å²) in [5, 5.41) is 15.9. The van der Waals surface area contributed by atoms with Crippen molar-refractivity contribution in [3.8, 4) is 5.75 Å². The van der Waals surface area contributed by atoms with Crippen molar-refractivity contribution >= 4 is 17.5 Å². The summed E-state index contributed by atoms with van der Waals surface area (Å²) < 4.78 is 73.4. The molecule has 0 aliphatic carbocycles. The molecule has 3 N–H and O–H groups in total. The number of hydrogen-bond acceptors (Lipinski definition) is 4. The number of amides is 2. The zero-order chi connectivity index (χ0) is 25.4. The number of halogens is 5. The lowest BCUT2D eigenvalue weighted by molar-refractivity contribution is -0.186. The average molecular weight is 486 g/mol. The highest BCUT2D eigenvalue weighted by Gasteiger charge is 2.46. The number of methoxy groups -OCH3 is 1. The Bertz CT molecular complexity index is 1110. The molecule has 0 fully saturated rings. The fraction of sp³-hybridized carbons (Fsp3) is 0.391. The van der Waals surface area contributed by atoms with Crippen molar-refractivity contribution in [1.82, 2.24) is 5.32 Å². The second-order valence-electron chi connectivity index (χ2n) is 8.19. The summed E-state index contributed by atoms with van der Waals surface area (Å²) in [6.45, 7) is 2.34. The maximum atomic E-state index is 14.4. The molecule has 1 aliphatic rings. The Morgan fingerprint density at radius 1 is 1.18 bits per heavy atom. The van der Waals surface area contributed by atoms with Gasteiger partial charge in [0.05, 0.1) is 13.0 Å². The van der Waals surface area contributed by atoms with E-state index in [4.69, 9.17) is 4.74 Å². The molecule has 0 spiro atoms. The van der Waals surface area contributed by atoms with Gasteiger partial charge in [-0.1, -0.05) is 26.0 Å². The molecule has 184 valence electrons. The fourth-order valence-corrected chi connectivity index (χ4v) is 4.04. The molecule has 0 radical (unpaired) electrons. The molecular weight excluding hydrogens is 463 g/mol. The van der Waals surface area contributed by atoms with E-state index in [2.05, 4.69) is 10.6 Å². The Morgan fingerprint density at radius 3 is 2.47 bits per heavy atom. The second-order valence-corrected chi connectivity index (χ2v) is 8.19. The van der Waals surface area contributed by atoms with Gasteiger partial charge in [-0.15, -0.1) is 0 Å². The molecule has 34 heavy (non-hydrogen) atoms. The first kappa shape index (κ1) is 25.4. The molecule has 1 aliphatic heterocycles. The van der Waals surface area contributed by atoms with Crippen molar-refractivity contribution in [2.75, 3.05) is 12.4 Å². The number of aliphatic hydroxyl groups excluding tert-OH is 1. The van der Waals surface area contributed by atoms with E-state index in [1.165, 1.54) is 12.1 Å². The number of nitrogens with one attached hydrogen (secondary N) is 2. The van der Waals surface area contributed by atoms with Crippen molar-refractivity contribution in [2.24, 2.45) is 11.8 Å². The number of rotatable bonds is 7. The SMILES string of the molecule is COc1c([C@@H]([C@H](C)[C@@H](C)C(F)(F)F)[C@H](O)C(=O)Nc2ccc3c(c2)C(=O)NC3)ccc(F)c1F.